The smallest absolute Gasteiger partial charge is 0.0575 e. The normalized spacial score (nSPS) is 22.5. The van der Waals surface area contributed by atoms with E-state index in [1.54, 1.807) is 0 Å². The van der Waals surface area contributed by atoms with Crippen molar-refractivity contribution >= 4 is 12.6 Å². The molecule has 0 radical (unpaired) electrons. The Morgan fingerprint density at radius 3 is 2.43 bits per heavy atom. The molecule has 0 N–H and O–H groups in total. The Morgan fingerprint density at radius 1 is 1.21 bits per heavy atom. The van der Waals surface area contributed by atoms with Gasteiger partial charge >= 0.3 is 0 Å². The minimum atomic E-state index is 0.544. The molecule has 1 saturated carbocycles. The van der Waals surface area contributed by atoms with E-state index in [-0.39, 0.29) is 0 Å². The quantitative estimate of drug-likeness (QED) is 0.545. The third-order valence-corrected chi connectivity index (χ3v) is 3.51. The Bertz CT molecular complexity index is 146. The summed E-state index contributed by atoms with van der Waals surface area (Å²) >= 11 is 4.19. The molecule has 1 aliphatic carbocycles. The molecule has 0 atom stereocenters. The van der Waals surface area contributed by atoms with Gasteiger partial charge in [-0.05, 0) is 49.7 Å². The van der Waals surface area contributed by atoms with Gasteiger partial charge in [0, 0.05) is 6.61 Å². The van der Waals surface area contributed by atoms with E-state index in [2.05, 4.69) is 26.5 Å². The van der Waals surface area contributed by atoms with Crippen molar-refractivity contribution in [1.82, 2.24) is 0 Å². The van der Waals surface area contributed by atoms with Gasteiger partial charge in [-0.25, -0.2) is 0 Å². The van der Waals surface area contributed by atoms with Crippen LogP contribution in [0.3, 0.4) is 0 Å². The van der Waals surface area contributed by atoms with Gasteiger partial charge in [-0.15, -0.1) is 0 Å². The highest BCUT2D eigenvalue weighted by Crippen LogP contribution is 2.36. The number of hydrogen-bond acceptors (Lipinski definition) is 2. The summed E-state index contributed by atoms with van der Waals surface area (Å²) in [6.45, 7) is 5.67. The van der Waals surface area contributed by atoms with Gasteiger partial charge in [0.25, 0.3) is 0 Å². The lowest BCUT2D eigenvalue weighted by Gasteiger charge is -2.34. The summed E-state index contributed by atoms with van der Waals surface area (Å²) in [4.78, 5) is 0. The van der Waals surface area contributed by atoms with Crippen molar-refractivity contribution in [3.05, 3.63) is 0 Å². The van der Waals surface area contributed by atoms with Gasteiger partial charge in [0.1, 0.15) is 0 Å². The van der Waals surface area contributed by atoms with Crippen molar-refractivity contribution in [2.24, 2.45) is 5.41 Å². The van der Waals surface area contributed by atoms with Crippen LogP contribution in [0.15, 0.2) is 0 Å². The van der Waals surface area contributed by atoms with Crippen molar-refractivity contribution < 1.29 is 4.74 Å². The molecule has 0 bridgehead atoms. The number of hydrogen-bond donors (Lipinski definition) is 1. The zero-order valence-corrected chi connectivity index (χ0v) is 10.5. The molecular formula is C12H24OS. The van der Waals surface area contributed by atoms with Crippen LogP contribution in [0.5, 0.6) is 0 Å². The van der Waals surface area contributed by atoms with Crippen molar-refractivity contribution in [1.29, 1.82) is 0 Å². The van der Waals surface area contributed by atoms with E-state index in [0.29, 0.717) is 11.5 Å². The highest BCUT2D eigenvalue weighted by Gasteiger charge is 2.26. The first kappa shape index (κ1) is 12.4. The van der Waals surface area contributed by atoms with Crippen LogP contribution in [0, 0.1) is 5.41 Å². The largest absolute Gasteiger partial charge is 0.378 e. The first-order chi connectivity index (χ1) is 6.64. The maximum Gasteiger partial charge on any atom is 0.0575 e. The summed E-state index contributed by atoms with van der Waals surface area (Å²) in [5.41, 5.74) is 0.560. The molecular weight excluding hydrogens is 192 g/mol. The van der Waals surface area contributed by atoms with E-state index in [0.717, 1.165) is 12.4 Å². The molecule has 14 heavy (non-hydrogen) atoms. The highest BCUT2D eigenvalue weighted by atomic mass is 32.1. The Morgan fingerprint density at radius 2 is 1.86 bits per heavy atom. The summed E-state index contributed by atoms with van der Waals surface area (Å²) < 4.78 is 5.84. The van der Waals surface area contributed by atoms with Crippen LogP contribution in [0.2, 0.25) is 0 Å². The lowest BCUT2D eigenvalue weighted by molar-refractivity contribution is 0.00331. The first-order valence-electron chi connectivity index (χ1n) is 5.86. The molecule has 84 valence electrons. The molecule has 0 amide bonds. The van der Waals surface area contributed by atoms with Crippen molar-refractivity contribution in [3.63, 3.8) is 0 Å². The van der Waals surface area contributed by atoms with E-state index in [1.807, 2.05) is 0 Å². The lowest BCUT2D eigenvalue weighted by Crippen LogP contribution is -2.26. The summed E-state index contributed by atoms with van der Waals surface area (Å²) in [5.74, 6) is 0.987. The summed E-state index contributed by atoms with van der Waals surface area (Å²) in [6.07, 6.45) is 8.06. The highest BCUT2D eigenvalue weighted by molar-refractivity contribution is 7.80. The predicted octanol–water partition coefficient (Wildman–Crippen LogP) is 3.68. The monoisotopic (exact) mass is 216 g/mol. The predicted molar refractivity (Wildman–Crippen MR) is 65.1 cm³/mol. The molecule has 1 fully saturated rings. The van der Waals surface area contributed by atoms with Gasteiger partial charge in [0.2, 0.25) is 0 Å². The van der Waals surface area contributed by atoms with E-state index >= 15 is 0 Å². The van der Waals surface area contributed by atoms with Crippen LogP contribution in [-0.2, 0) is 4.74 Å². The van der Waals surface area contributed by atoms with Crippen LogP contribution in [0.1, 0.15) is 52.4 Å². The second kappa shape index (κ2) is 6.02. The maximum atomic E-state index is 5.84. The fraction of sp³-hybridized carbons (Fsp3) is 1.00. The Hall–Kier alpha value is 0.310. The molecule has 1 rings (SSSR count). The number of rotatable bonds is 5. The summed E-state index contributed by atoms with van der Waals surface area (Å²) in [6, 6.07) is 0. The minimum Gasteiger partial charge on any atom is -0.378 e. The molecule has 1 nitrogen and oxygen atoms in total. The molecule has 0 saturated heterocycles. The molecule has 0 aromatic carbocycles. The van der Waals surface area contributed by atoms with Crippen LogP contribution in [0.25, 0.3) is 0 Å². The Kier molecular flexibility index (Phi) is 5.32. The van der Waals surface area contributed by atoms with E-state index < -0.39 is 0 Å². The summed E-state index contributed by atoms with van der Waals surface area (Å²) in [7, 11) is 0. The fourth-order valence-electron chi connectivity index (χ4n) is 2.00. The third-order valence-electron chi connectivity index (χ3n) is 3.19. The van der Waals surface area contributed by atoms with Crippen molar-refractivity contribution in [3.8, 4) is 0 Å². The van der Waals surface area contributed by atoms with Crippen LogP contribution in [0.4, 0.5) is 0 Å². The van der Waals surface area contributed by atoms with E-state index in [1.165, 1.54) is 38.5 Å². The summed E-state index contributed by atoms with van der Waals surface area (Å²) in [5, 5.41) is 0. The molecule has 0 aromatic rings. The Balaban J connectivity index is 2.04. The molecule has 2 heteroatoms. The van der Waals surface area contributed by atoms with Crippen molar-refractivity contribution in [2.75, 3.05) is 12.4 Å². The average molecular weight is 216 g/mol. The van der Waals surface area contributed by atoms with Gasteiger partial charge in [-0.3, -0.25) is 0 Å². The standard InChI is InChI=1S/C12H24OS/c1-12(2)7-5-11(6-8-12)13-9-3-4-10-14/h11,14H,3-10H2,1-2H3. The SMILES string of the molecule is CC1(C)CCC(OCCCCS)CC1. The van der Waals surface area contributed by atoms with Gasteiger partial charge in [0.05, 0.1) is 6.10 Å². The molecule has 0 spiro atoms. The van der Waals surface area contributed by atoms with Gasteiger partial charge in [0.15, 0.2) is 0 Å². The van der Waals surface area contributed by atoms with Gasteiger partial charge < -0.3 is 4.74 Å². The molecule has 0 aromatic heterocycles. The minimum absolute atomic E-state index is 0.544. The van der Waals surface area contributed by atoms with Crippen LogP contribution < -0.4 is 0 Å². The second-order valence-corrected chi connectivity index (χ2v) is 5.61. The Labute approximate surface area is 94.0 Å². The average Bonchev–Trinajstić information content (AvgIpc) is 2.15. The molecule has 1 aliphatic rings. The van der Waals surface area contributed by atoms with Gasteiger partial charge in [-0.1, -0.05) is 13.8 Å². The van der Waals surface area contributed by atoms with Gasteiger partial charge in [-0.2, -0.15) is 12.6 Å². The van der Waals surface area contributed by atoms with Crippen LogP contribution in [-0.4, -0.2) is 18.5 Å². The second-order valence-electron chi connectivity index (χ2n) is 5.17. The number of thiol groups is 1. The van der Waals surface area contributed by atoms with Crippen LogP contribution >= 0.6 is 12.6 Å². The third kappa shape index (κ3) is 4.70. The molecule has 0 aliphatic heterocycles. The topological polar surface area (TPSA) is 9.23 Å². The number of ether oxygens (including phenoxy) is 1. The fourth-order valence-corrected chi connectivity index (χ4v) is 2.23. The molecule has 0 unspecified atom stereocenters. The van der Waals surface area contributed by atoms with E-state index in [9.17, 15) is 0 Å². The maximum absolute atomic E-state index is 5.84. The van der Waals surface area contributed by atoms with Crippen molar-refractivity contribution in [2.45, 2.75) is 58.5 Å². The zero-order chi connectivity index (χ0) is 10.4. The lowest BCUT2D eigenvalue weighted by atomic mass is 9.76. The van der Waals surface area contributed by atoms with E-state index in [4.69, 9.17) is 4.74 Å². The first-order valence-corrected chi connectivity index (χ1v) is 6.50. The zero-order valence-electron chi connectivity index (χ0n) is 9.59. The molecule has 0 heterocycles. The number of unbranched alkanes of at least 4 members (excludes halogenated alkanes) is 1.